The maximum absolute atomic E-state index is 10.7. The van der Waals surface area contributed by atoms with Crippen molar-refractivity contribution in [2.45, 2.75) is 13.5 Å². The maximum atomic E-state index is 10.7. The molecular formula is C18H18N3O4S+. The Morgan fingerprint density at radius 1 is 1.27 bits per heavy atom. The zero-order chi connectivity index (χ0) is 18.4. The summed E-state index contributed by atoms with van der Waals surface area (Å²) in [4.78, 5) is 19.4. The number of ether oxygens (including phenoxy) is 2. The van der Waals surface area contributed by atoms with E-state index in [1.165, 1.54) is 11.3 Å². The number of nitrogens with zero attached hydrogens (tertiary/aromatic N) is 2. The summed E-state index contributed by atoms with van der Waals surface area (Å²) in [6.07, 6.45) is 1.68. The molecule has 3 N–H and O–H groups in total. The van der Waals surface area contributed by atoms with Gasteiger partial charge >= 0.3 is 5.97 Å². The van der Waals surface area contributed by atoms with Gasteiger partial charge in [0.1, 0.15) is 12.4 Å². The summed E-state index contributed by atoms with van der Waals surface area (Å²) in [5.41, 5.74) is 1.82. The largest absolute Gasteiger partial charge is 0.562 e. The minimum absolute atomic E-state index is 0.270. The minimum Gasteiger partial charge on any atom is -0.562 e. The van der Waals surface area contributed by atoms with Gasteiger partial charge in [0.25, 0.3) is 0 Å². The third kappa shape index (κ3) is 4.93. The molecule has 1 aromatic carbocycles. The Bertz CT molecular complexity index is 897. The lowest BCUT2D eigenvalue weighted by Crippen LogP contribution is -2.09. The predicted molar refractivity (Wildman–Crippen MR) is 99.3 cm³/mol. The number of pyridine rings is 1. The van der Waals surface area contributed by atoms with Crippen molar-refractivity contribution in [3.05, 3.63) is 59.2 Å². The predicted octanol–water partition coefficient (Wildman–Crippen LogP) is 2.80. The molecule has 2 heterocycles. The second-order valence-electron chi connectivity index (χ2n) is 5.42. The van der Waals surface area contributed by atoms with E-state index >= 15 is 0 Å². The number of thiazole rings is 1. The Kier molecular flexibility index (Phi) is 5.65. The summed E-state index contributed by atoms with van der Waals surface area (Å²) >= 11 is 1.50. The van der Waals surface area contributed by atoms with Crippen LogP contribution in [-0.2, 0) is 11.4 Å². The van der Waals surface area contributed by atoms with Crippen molar-refractivity contribution in [3.8, 4) is 11.5 Å². The van der Waals surface area contributed by atoms with Gasteiger partial charge in [-0.15, -0.1) is 11.3 Å². The van der Waals surface area contributed by atoms with Crippen LogP contribution >= 0.6 is 11.3 Å². The van der Waals surface area contributed by atoms with Crippen LogP contribution < -0.4 is 14.8 Å². The van der Waals surface area contributed by atoms with Crippen LogP contribution in [0.5, 0.6) is 11.5 Å². The van der Waals surface area contributed by atoms with Gasteiger partial charge in [-0.3, -0.25) is 0 Å². The van der Waals surface area contributed by atoms with E-state index in [1.807, 2.05) is 30.5 Å². The highest BCUT2D eigenvalue weighted by Crippen LogP contribution is 2.27. The minimum atomic E-state index is -0.768. The SMILES string of the molecule is Cc1csc(Nc2ncccc2OCc2cccc(OCC(=O)[OH2+])c2)n1. The number of carbonyl (C=O) groups is 1. The van der Waals surface area contributed by atoms with Crippen molar-refractivity contribution in [1.29, 1.82) is 0 Å². The standard InChI is InChI=1S/C18H17N3O4S/c1-12-11-26-18(20-12)21-17-15(6-3-7-19-17)25-9-13-4-2-5-14(8-13)24-10-16(22)23/h2-8,11H,9-10H2,1H3,(H,22,23)(H,19,20,21)/p+1. The number of nitrogens with one attached hydrogen (secondary N) is 1. The van der Waals surface area contributed by atoms with E-state index in [9.17, 15) is 4.79 Å². The molecular weight excluding hydrogens is 354 g/mol. The quantitative estimate of drug-likeness (QED) is 0.611. The zero-order valence-electron chi connectivity index (χ0n) is 14.1. The van der Waals surface area contributed by atoms with E-state index in [-0.39, 0.29) is 6.61 Å². The van der Waals surface area contributed by atoms with Crippen LogP contribution in [0.3, 0.4) is 0 Å². The summed E-state index contributed by atoms with van der Waals surface area (Å²) in [5.74, 6) is 0.951. The third-order valence-electron chi connectivity index (χ3n) is 3.28. The molecule has 8 heteroatoms. The van der Waals surface area contributed by atoms with E-state index < -0.39 is 5.97 Å². The van der Waals surface area contributed by atoms with Crippen molar-refractivity contribution in [2.75, 3.05) is 11.9 Å². The molecule has 0 bridgehead atoms. The summed E-state index contributed by atoms with van der Waals surface area (Å²) in [6.45, 7) is 1.97. The van der Waals surface area contributed by atoms with Gasteiger partial charge in [0.05, 0.1) is 5.69 Å². The van der Waals surface area contributed by atoms with Gasteiger partial charge < -0.3 is 19.9 Å². The fourth-order valence-corrected chi connectivity index (χ4v) is 2.84. The highest BCUT2D eigenvalue weighted by molar-refractivity contribution is 7.13. The van der Waals surface area contributed by atoms with Crippen molar-refractivity contribution in [2.24, 2.45) is 0 Å². The van der Waals surface area contributed by atoms with Gasteiger partial charge in [0.15, 0.2) is 16.7 Å². The van der Waals surface area contributed by atoms with Crippen LogP contribution in [0.4, 0.5) is 10.9 Å². The summed E-state index contributed by atoms with van der Waals surface area (Å²) in [6, 6.07) is 10.8. The molecule has 134 valence electrons. The first-order valence-electron chi connectivity index (χ1n) is 7.83. The highest BCUT2D eigenvalue weighted by atomic mass is 32.1. The number of carbonyl (C=O) groups excluding carboxylic acids is 1. The molecule has 0 aliphatic heterocycles. The Morgan fingerprint density at radius 3 is 2.92 bits per heavy atom. The molecule has 2 aromatic heterocycles. The van der Waals surface area contributed by atoms with Crippen LogP contribution in [0.15, 0.2) is 48.0 Å². The van der Waals surface area contributed by atoms with E-state index in [0.717, 1.165) is 16.4 Å². The second-order valence-corrected chi connectivity index (χ2v) is 6.28. The van der Waals surface area contributed by atoms with Crippen molar-refractivity contribution < 1.29 is 19.4 Å². The number of benzene rings is 1. The van der Waals surface area contributed by atoms with Gasteiger partial charge in [-0.2, -0.15) is 0 Å². The first-order chi connectivity index (χ1) is 12.6. The number of hydrogen-bond acceptors (Lipinski definition) is 7. The van der Waals surface area contributed by atoms with Crippen molar-refractivity contribution in [3.63, 3.8) is 0 Å². The van der Waals surface area contributed by atoms with Crippen molar-refractivity contribution in [1.82, 2.24) is 9.97 Å². The Labute approximate surface area is 154 Å². The smallest absolute Gasteiger partial charge is 0.553 e. The molecule has 0 amide bonds. The third-order valence-corrected chi connectivity index (χ3v) is 4.15. The van der Waals surface area contributed by atoms with Gasteiger partial charge in [0.2, 0.25) is 6.61 Å². The number of rotatable bonds is 8. The molecule has 0 aliphatic carbocycles. The molecule has 26 heavy (non-hydrogen) atoms. The molecule has 0 fully saturated rings. The number of aromatic nitrogens is 2. The normalized spacial score (nSPS) is 10.3. The molecule has 7 nitrogen and oxygen atoms in total. The van der Waals surface area contributed by atoms with Crippen molar-refractivity contribution >= 4 is 28.3 Å². The molecule has 0 aliphatic rings. The average Bonchev–Trinajstić information content (AvgIpc) is 3.04. The fourth-order valence-electron chi connectivity index (χ4n) is 2.15. The van der Waals surface area contributed by atoms with Gasteiger partial charge in [-0.05, 0) is 36.8 Å². The molecule has 0 unspecified atom stereocenters. The summed E-state index contributed by atoms with van der Waals surface area (Å²) in [7, 11) is 0. The van der Waals surface area contributed by atoms with Crippen LogP contribution in [0.1, 0.15) is 11.3 Å². The lowest BCUT2D eigenvalue weighted by molar-refractivity contribution is -0.139. The van der Waals surface area contributed by atoms with Crippen LogP contribution in [0.25, 0.3) is 0 Å². The summed E-state index contributed by atoms with van der Waals surface area (Å²) in [5, 5.41) is 12.8. The molecule has 0 radical (unpaired) electrons. The van der Waals surface area contributed by atoms with E-state index in [0.29, 0.717) is 23.9 Å². The van der Waals surface area contributed by atoms with E-state index in [1.54, 1.807) is 24.4 Å². The molecule has 3 aromatic rings. The number of anilines is 2. The Hall–Kier alpha value is -3.13. The lowest BCUT2D eigenvalue weighted by Gasteiger charge is -2.11. The highest BCUT2D eigenvalue weighted by Gasteiger charge is 2.09. The Morgan fingerprint density at radius 2 is 2.15 bits per heavy atom. The lowest BCUT2D eigenvalue weighted by atomic mass is 10.2. The molecule has 0 atom stereocenters. The topological polar surface area (TPSA) is 96.2 Å². The van der Waals surface area contributed by atoms with E-state index in [4.69, 9.17) is 14.6 Å². The van der Waals surface area contributed by atoms with Crippen LogP contribution in [0.2, 0.25) is 0 Å². The summed E-state index contributed by atoms with van der Waals surface area (Å²) < 4.78 is 11.1. The number of hydrogen-bond donors (Lipinski definition) is 1. The van der Waals surface area contributed by atoms with Gasteiger partial charge in [-0.1, -0.05) is 12.1 Å². The molecule has 0 saturated carbocycles. The fraction of sp³-hybridized carbons (Fsp3) is 0.167. The zero-order valence-corrected chi connectivity index (χ0v) is 14.9. The van der Waals surface area contributed by atoms with Gasteiger partial charge in [-0.25, -0.2) is 9.97 Å². The Balaban J connectivity index is 1.66. The molecule has 0 spiro atoms. The van der Waals surface area contributed by atoms with E-state index in [2.05, 4.69) is 15.3 Å². The molecule has 0 saturated heterocycles. The molecule has 3 rings (SSSR count). The second kappa shape index (κ2) is 8.30. The monoisotopic (exact) mass is 372 g/mol. The van der Waals surface area contributed by atoms with Crippen LogP contribution in [0, 0.1) is 6.92 Å². The first-order valence-corrected chi connectivity index (χ1v) is 8.71. The average molecular weight is 372 g/mol. The van der Waals surface area contributed by atoms with Crippen LogP contribution in [-0.4, -0.2) is 27.7 Å². The number of aryl methyl sites for hydroxylation is 1. The van der Waals surface area contributed by atoms with Gasteiger partial charge in [0, 0.05) is 16.4 Å². The first kappa shape index (κ1) is 17.7. The maximum Gasteiger partial charge on any atom is 0.553 e.